The Morgan fingerprint density at radius 1 is 1.00 bits per heavy atom. The van der Waals surface area contributed by atoms with Crippen molar-refractivity contribution >= 4 is 39.4 Å². The number of carbonyl (C=O) groups excluding carboxylic acids is 1. The molecule has 0 fully saturated rings. The number of para-hydroxylation sites is 1. The lowest BCUT2D eigenvalue weighted by Gasteiger charge is -2.09. The van der Waals surface area contributed by atoms with Crippen LogP contribution in [0.5, 0.6) is 5.75 Å². The number of hydrazone groups is 1. The molecule has 0 aliphatic heterocycles. The van der Waals surface area contributed by atoms with Crippen LogP contribution < -0.4 is 10.1 Å². The lowest BCUT2D eigenvalue weighted by atomic mass is 10.2. The maximum Gasteiger partial charge on any atom is 0.271 e. The van der Waals surface area contributed by atoms with E-state index in [1.165, 1.54) is 48.7 Å². The summed E-state index contributed by atoms with van der Waals surface area (Å²) in [5, 5.41) is 13.9. The Morgan fingerprint density at radius 3 is 2.45 bits per heavy atom. The van der Waals surface area contributed by atoms with E-state index in [2.05, 4.69) is 15.2 Å². The van der Waals surface area contributed by atoms with Crippen molar-refractivity contribution in [3.63, 3.8) is 0 Å². The molecule has 1 amide bonds. The smallest absolute Gasteiger partial charge is 0.271 e. The van der Waals surface area contributed by atoms with Crippen LogP contribution in [0.1, 0.15) is 15.9 Å². The van der Waals surface area contributed by atoms with E-state index in [-0.39, 0.29) is 16.2 Å². The summed E-state index contributed by atoms with van der Waals surface area (Å²) in [6, 6.07) is 18.2. The predicted molar refractivity (Wildman–Crippen MR) is 112 cm³/mol. The molecule has 3 rings (SSSR count). The SMILES string of the molecule is O=C(NN=Cc1ccccc1O)c1cccc(S(=O)(=O)Nc2ccc(Cl)cc2)c1. The molecule has 3 N–H and O–H groups in total. The number of sulfonamides is 1. The molecular formula is C20H16ClN3O4S. The van der Waals surface area contributed by atoms with Gasteiger partial charge in [-0.15, -0.1) is 0 Å². The fourth-order valence-corrected chi connectivity index (χ4v) is 3.59. The second-order valence-electron chi connectivity index (χ2n) is 5.90. The maximum absolute atomic E-state index is 12.6. The summed E-state index contributed by atoms with van der Waals surface area (Å²) in [4.78, 5) is 12.2. The van der Waals surface area contributed by atoms with Gasteiger partial charge in [0.25, 0.3) is 15.9 Å². The van der Waals surface area contributed by atoms with Crippen molar-refractivity contribution in [3.8, 4) is 5.75 Å². The molecule has 7 nitrogen and oxygen atoms in total. The molecule has 3 aromatic rings. The summed E-state index contributed by atoms with van der Waals surface area (Å²) in [6.07, 6.45) is 1.29. The van der Waals surface area contributed by atoms with E-state index in [9.17, 15) is 18.3 Å². The van der Waals surface area contributed by atoms with Crippen molar-refractivity contribution in [1.82, 2.24) is 5.43 Å². The zero-order chi connectivity index (χ0) is 20.9. The molecule has 0 radical (unpaired) electrons. The van der Waals surface area contributed by atoms with Crippen LogP contribution in [0.2, 0.25) is 5.02 Å². The van der Waals surface area contributed by atoms with Crippen molar-refractivity contribution in [2.45, 2.75) is 4.90 Å². The van der Waals surface area contributed by atoms with Gasteiger partial charge in [-0.2, -0.15) is 5.10 Å². The van der Waals surface area contributed by atoms with Gasteiger partial charge < -0.3 is 5.11 Å². The highest BCUT2D eigenvalue weighted by Gasteiger charge is 2.16. The lowest BCUT2D eigenvalue weighted by molar-refractivity contribution is 0.0955. The van der Waals surface area contributed by atoms with Gasteiger partial charge in [0, 0.05) is 21.8 Å². The Kier molecular flexibility index (Phi) is 6.16. The van der Waals surface area contributed by atoms with Crippen LogP contribution in [0.4, 0.5) is 5.69 Å². The molecule has 0 unspecified atom stereocenters. The van der Waals surface area contributed by atoms with E-state index >= 15 is 0 Å². The third-order valence-electron chi connectivity index (χ3n) is 3.81. The van der Waals surface area contributed by atoms with Crippen LogP contribution in [0.15, 0.2) is 82.8 Å². The van der Waals surface area contributed by atoms with E-state index in [0.29, 0.717) is 16.3 Å². The highest BCUT2D eigenvalue weighted by atomic mass is 35.5. The van der Waals surface area contributed by atoms with Gasteiger partial charge in [-0.05, 0) is 54.6 Å². The van der Waals surface area contributed by atoms with Crippen molar-refractivity contribution < 1.29 is 18.3 Å². The van der Waals surface area contributed by atoms with Crippen molar-refractivity contribution in [3.05, 3.63) is 88.9 Å². The molecule has 0 aliphatic carbocycles. The number of hydrogen-bond donors (Lipinski definition) is 3. The number of hydrogen-bond acceptors (Lipinski definition) is 5. The third kappa shape index (κ3) is 5.34. The molecule has 29 heavy (non-hydrogen) atoms. The highest BCUT2D eigenvalue weighted by molar-refractivity contribution is 7.92. The Labute approximate surface area is 172 Å². The minimum Gasteiger partial charge on any atom is -0.507 e. The monoisotopic (exact) mass is 429 g/mol. The van der Waals surface area contributed by atoms with Gasteiger partial charge in [-0.3, -0.25) is 9.52 Å². The largest absolute Gasteiger partial charge is 0.507 e. The number of carbonyl (C=O) groups is 1. The lowest BCUT2D eigenvalue weighted by Crippen LogP contribution is -2.19. The summed E-state index contributed by atoms with van der Waals surface area (Å²) >= 11 is 5.80. The number of halogens is 1. The fourth-order valence-electron chi connectivity index (χ4n) is 2.36. The normalized spacial score (nSPS) is 11.3. The maximum atomic E-state index is 12.6. The first-order valence-corrected chi connectivity index (χ1v) is 10.2. The number of rotatable bonds is 6. The summed E-state index contributed by atoms with van der Waals surface area (Å²) in [5.41, 5.74) is 3.18. The molecule has 3 aromatic carbocycles. The molecule has 0 saturated heterocycles. The molecular weight excluding hydrogens is 414 g/mol. The van der Waals surface area contributed by atoms with E-state index in [1.807, 2.05) is 0 Å². The van der Waals surface area contributed by atoms with Gasteiger partial charge in [0.05, 0.1) is 11.1 Å². The molecule has 0 aromatic heterocycles. The molecule has 0 heterocycles. The quantitative estimate of drug-likeness (QED) is 0.411. The number of amides is 1. The first-order valence-electron chi connectivity index (χ1n) is 8.35. The topological polar surface area (TPSA) is 108 Å². The average Bonchev–Trinajstić information content (AvgIpc) is 2.71. The summed E-state index contributed by atoms with van der Waals surface area (Å²) < 4.78 is 27.6. The third-order valence-corrected chi connectivity index (χ3v) is 5.44. The number of phenols is 1. The predicted octanol–water partition coefficient (Wildman–Crippen LogP) is 3.61. The van der Waals surface area contributed by atoms with Crippen LogP contribution in [0.3, 0.4) is 0 Å². The summed E-state index contributed by atoms with van der Waals surface area (Å²) in [7, 11) is -3.90. The van der Waals surface area contributed by atoms with Gasteiger partial charge in [-0.25, -0.2) is 13.8 Å². The Morgan fingerprint density at radius 2 is 1.72 bits per heavy atom. The van der Waals surface area contributed by atoms with Crippen LogP contribution in [0.25, 0.3) is 0 Å². The van der Waals surface area contributed by atoms with Crippen LogP contribution in [-0.2, 0) is 10.0 Å². The Bertz CT molecular complexity index is 1160. The molecule has 9 heteroatoms. The zero-order valence-corrected chi connectivity index (χ0v) is 16.5. The van der Waals surface area contributed by atoms with Crippen molar-refractivity contribution in [2.24, 2.45) is 5.10 Å². The number of aromatic hydroxyl groups is 1. The van der Waals surface area contributed by atoms with Gasteiger partial charge in [0.15, 0.2) is 0 Å². The molecule has 0 bridgehead atoms. The van der Waals surface area contributed by atoms with Gasteiger partial charge >= 0.3 is 0 Å². The van der Waals surface area contributed by atoms with Gasteiger partial charge in [-0.1, -0.05) is 29.8 Å². The number of nitrogens with one attached hydrogen (secondary N) is 2. The fraction of sp³-hybridized carbons (Fsp3) is 0. The summed E-state index contributed by atoms with van der Waals surface area (Å²) in [5.74, 6) is -0.577. The highest BCUT2D eigenvalue weighted by Crippen LogP contribution is 2.19. The van der Waals surface area contributed by atoms with Gasteiger partial charge in [0.1, 0.15) is 5.75 Å². The van der Waals surface area contributed by atoms with Gasteiger partial charge in [0.2, 0.25) is 0 Å². The first kappa shape index (κ1) is 20.4. The molecule has 0 spiro atoms. The van der Waals surface area contributed by atoms with Crippen molar-refractivity contribution in [2.75, 3.05) is 4.72 Å². The number of phenolic OH excluding ortho intramolecular Hbond substituents is 1. The van der Waals surface area contributed by atoms with Crippen LogP contribution in [-0.4, -0.2) is 25.6 Å². The Hall–Kier alpha value is -3.36. The van der Waals surface area contributed by atoms with Crippen molar-refractivity contribution in [1.29, 1.82) is 0 Å². The van der Waals surface area contributed by atoms with E-state index < -0.39 is 15.9 Å². The van der Waals surface area contributed by atoms with E-state index in [4.69, 9.17) is 11.6 Å². The standard InChI is InChI=1S/C20H16ClN3O4S/c21-16-8-10-17(11-9-16)24-29(27,28)18-6-3-5-14(12-18)20(26)23-22-13-15-4-1-2-7-19(15)25/h1-13,24-25H,(H,23,26). The summed E-state index contributed by atoms with van der Waals surface area (Å²) in [6.45, 7) is 0. The van der Waals surface area contributed by atoms with Crippen LogP contribution >= 0.6 is 11.6 Å². The van der Waals surface area contributed by atoms with E-state index in [1.54, 1.807) is 30.3 Å². The second-order valence-corrected chi connectivity index (χ2v) is 8.02. The number of anilines is 1. The van der Waals surface area contributed by atoms with E-state index in [0.717, 1.165) is 0 Å². The molecule has 148 valence electrons. The molecule has 0 atom stereocenters. The number of nitrogens with zero attached hydrogens (tertiary/aromatic N) is 1. The minimum absolute atomic E-state index is 0.0202. The minimum atomic E-state index is -3.90. The first-order chi connectivity index (χ1) is 13.8. The Balaban J connectivity index is 1.73. The number of benzene rings is 3. The molecule has 0 saturated carbocycles. The zero-order valence-electron chi connectivity index (χ0n) is 14.9. The average molecular weight is 430 g/mol. The molecule has 0 aliphatic rings. The van der Waals surface area contributed by atoms with Crippen LogP contribution in [0, 0.1) is 0 Å². The second kappa shape index (κ2) is 8.76.